The summed E-state index contributed by atoms with van der Waals surface area (Å²) >= 11 is 1.94. The Hall–Kier alpha value is -1.51. The number of hydrogen-bond donors (Lipinski definition) is 0. The van der Waals surface area contributed by atoms with Gasteiger partial charge in [0, 0.05) is 38.2 Å². The Morgan fingerprint density at radius 1 is 1.36 bits per heavy atom. The molecule has 1 fully saturated rings. The Bertz CT molecular complexity index is 522. The van der Waals surface area contributed by atoms with E-state index in [0.717, 1.165) is 30.2 Å². The maximum atomic E-state index is 13.0. The van der Waals surface area contributed by atoms with E-state index in [2.05, 4.69) is 11.0 Å². The maximum Gasteiger partial charge on any atom is 0.244 e. The molecule has 0 aromatic heterocycles. The number of amides is 1. The average molecular weight is 317 g/mol. The van der Waals surface area contributed by atoms with Crippen LogP contribution in [0.3, 0.4) is 0 Å². The molecule has 1 aliphatic heterocycles. The van der Waals surface area contributed by atoms with E-state index in [4.69, 9.17) is 5.26 Å². The summed E-state index contributed by atoms with van der Waals surface area (Å²) in [5, 5.41) is 8.97. The first-order valence-corrected chi connectivity index (χ1v) is 8.80. The van der Waals surface area contributed by atoms with Crippen molar-refractivity contribution < 1.29 is 4.79 Å². The van der Waals surface area contributed by atoms with Gasteiger partial charge in [0.05, 0.1) is 12.0 Å². The Morgan fingerprint density at radius 3 is 2.59 bits per heavy atom. The largest absolute Gasteiger partial charge is 0.343 e. The van der Waals surface area contributed by atoms with Gasteiger partial charge in [0.2, 0.25) is 5.91 Å². The maximum absolute atomic E-state index is 13.0. The van der Waals surface area contributed by atoms with E-state index < -0.39 is 0 Å². The van der Waals surface area contributed by atoms with E-state index in [1.807, 2.05) is 49.0 Å². The first-order valence-electron chi connectivity index (χ1n) is 7.65. The van der Waals surface area contributed by atoms with Crippen LogP contribution in [0.5, 0.6) is 0 Å². The molecular weight excluding hydrogens is 294 g/mol. The van der Waals surface area contributed by atoms with Crippen LogP contribution in [0.1, 0.15) is 18.5 Å². The Morgan fingerprint density at radius 2 is 2.00 bits per heavy atom. The van der Waals surface area contributed by atoms with Gasteiger partial charge in [0.25, 0.3) is 0 Å². The first kappa shape index (κ1) is 16.9. The van der Waals surface area contributed by atoms with Gasteiger partial charge in [-0.25, -0.2) is 0 Å². The summed E-state index contributed by atoms with van der Waals surface area (Å²) in [4.78, 5) is 16.9. The van der Waals surface area contributed by atoms with Crippen molar-refractivity contribution in [3.05, 3.63) is 35.9 Å². The Labute approximate surface area is 137 Å². The van der Waals surface area contributed by atoms with Crippen molar-refractivity contribution in [2.75, 3.05) is 38.2 Å². The van der Waals surface area contributed by atoms with Gasteiger partial charge in [-0.15, -0.1) is 0 Å². The van der Waals surface area contributed by atoms with Crippen LogP contribution in [-0.2, 0) is 4.79 Å². The zero-order valence-electron chi connectivity index (χ0n) is 13.2. The molecule has 1 saturated heterocycles. The standard InChI is InChI=1S/C17H23N3OS/c1-14(12-18)13-19(2)17(21)16(15-6-4-3-5-7-15)20-8-10-22-11-9-20/h3-7,14,16H,8-11,13H2,1-2H3/t14-,16-/m1/s1. The lowest BCUT2D eigenvalue weighted by Gasteiger charge is -2.36. The van der Waals surface area contributed by atoms with Gasteiger partial charge in [-0.3, -0.25) is 9.69 Å². The molecule has 2 rings (SSSR count). The lowest BCUT2D eigenvalue weighted by molar-refractivity contribution is -0.136. The number of benzene rings is 1. The zero-order chi connectivity index (χ0) is 15.9. The van der Waals surface area contributed by atoms with Crippen LogP contribution in [0, 0.1) is 17.2 Å². The van der Waals surface area contributed by atoms with Crippen molar-refractivity contribution >= 4 is 17.7 Å². The zero-order valence-corrected chi connectivity index (χ0v) is 14.1. The van der Waals surface area contributed by atoms with Crippen molar-refractivity contribution in [1.29, 1.82) is 5.26 Å². The second kappa shape index (κ2) is 8.21. The molecule has 1 heterocycles. The fourth-order valence-corrected chi connectivity index (χ4v) is 3.66. The van der Waals surface area contributed by atoms with E-state index in [1.54, 1.807) is 11.9 Å². The molecule has 0 radical (unpaired) electrons. The number of rotatable bonds is 5. The fourth-order valence-electron chi connectivity index (χ4n) is 2.73. The molecule has 5 heteroatoms. The molecule has 1 aromatic carbocycles. The highest BCUT2D eigenvalue weighted by molar-refractivity contribution is 7.99. The monoisotopic (exact) mass is 317 g/mol. The number of carbonyl (C=O) groups is 1. The van der Waals surface area contributed by atoms with E-state index in [9.17, 15) is 4.79 Å². The quantitative estimate of drug-likeness (QED) is 0.836. The summed E-state index contributed by atoms with van der Waals surface area (Å²) in [6.45, 7) is 4.18. The lowest BCUT2D eigenvalue weighted by atomic mass is 10.0. The SMILES string of the molecule is C[C@H](C#N)CN(C)C(=O)[C@@H](c1ccccc1)N1CCSCC1. The minimum Gasteiger partial charge on any atom is -0.343 e. The third-order valence-corrected chi connectivity index (χ3v) is 4.85. The van der Waals surface area contributed by atoms with Crippen LogP contribution in [0.25, 0.3) is 0 Å². The van der Waals surface area contributed by atoms with E-state index in [-0.39, 0.29) is 17.9 Å². The molecule has 0 aliphatic carbocycles. The minimum atomic E-state index is -0.238. The second-order valence-electron chi connectivity index (χ2n) is 5.71. The highest BCUT2D eigenvalue weighted by atomic mass is 32.2. The second-order valence-corrected chi connectivity index (χ2v) is 6.94. The van der Waals surface area contributed by atoms with Crippen molar-refractivity contribution in [1.82, 2.24) is 9.80 Å². The molecule has 1 aliphatic rings. The van der Waals surface area contributed by atoms with Crippen LogP contribution >= 0.6 is 11.8 Å². The number of likely N-dealkylation sites (N-methyl/N-ethyl adjacent to an activating group) is 1. The molecule has 4 nitrogen and oxygen atoms in total. The highest BCUT2D eigenvalue weighted by Gasteiger charge is 2.31. The number of hydrogen-bond acceptors (Lipinski definition) is 4. The first-order chi connectivity index (χ1) is 10.6. The summed E-state index contributed by atoms with van der Waals surface area (Å²) in [7, 11) is 1.80. The number of nitriles is 1. The molecule has 1 amide bonds. The predicted molar refractivity (Wildman–Crippen MR) is 90.5 cm³/mol. The van der Waals surface area contributed by atoms with Crippen molar-refractivity contribution in [3.8, 4) is 6.07 Å². The molecule has 0 unspecified atom stereocenters. The van der Waals surface area contributed by atoms with Crippen molar-refractivity contribution in [2.24, 2.45) is 5.92 Å². The summed E-state index contributed by atoms with van der Waals surface area (Å²) in [5.41, 5.74) is 1.04. The lowest BCUT2D eigenvalue weighted by Crippen LogP contribution is -2.45. The van der Waals surface area contributed by atoms with Crippen LogP contribution in [-0.4, -0.2) is 53.9 Å². The van der Waals surface area contributed by atoms with Crippen molar-refractivity contribution in [2.45, 2.75) is 13.0 Å². The minimum absolute atomic E-state index is 0.0835. The number of thioether (sulfide) groups is 1. The third kappa shape index (κ3) is 4.25. The molecule has 0 bridgehead atoms. The average Bonchev–Trinajstić information content (AvgIpc) is 2.56. The molecule has 22 heavy (non-hydrogen) atoms. The molecule has 118 valence electrons. The van der Waals surface area contributed by atoms with Crippen LogP contribution in [0.2, 0.25) is 0 Å². The van der Waals surface area contributed by atoms with E-state index >= 15 is 0 Å². The topological polar surface area (TPSA) is 47.3 Å². The van der Waals surface area contributed by atoms with Gasteiger partial charge in [-0.2, -0.15) is 17.0 Å². The van der Waals surface area contributed by atoms with Gasteiger partial charge < -0.3 is 4.90 Å². The number of nitrogens with zero attached hydrogens (tertiary/aromatic N) is 3. The van der Waals surface area contributed by atoms with Gasteiger partial charge in [0.1, 0.15) is 6.04 Å². The smallest absolute Gasteiger partial charge is 0.244 e. The predicted octanol–water partition coefficient (Wildman–Crippen LogP) is 2.39. The van der Waals surface area contributed by atoms with Gasteiger partial charge in [0.15, 0.2) is 0 Å². The van der Waals surface area contributed by atoms with Crippen LogP contribution < -0.4 is 0 Å². The number of carbonyl (C=O) groups excluding carboxylic acids is 1. The summed E-state index contributed by atoms with van der Waals surface area (Å²) < 4.78 is 0. The van der Waals surface area contributed by atoms with Gasteiger partial charge >= 0.3 is 0 Å². The molecule has 0 N–H and O–H groups in total. The van der Waals surface area contributed by atoms with E-state index in [1.165, 1.54) is 0 Å². The van der Waals surface area contributed by atoms with Crippen LogP contribution in [0.15, 0.2) is 30.3 Å². The highest BCUT2D eigenvalue weighted by Crippen LogP contribution is 2.26. The summed E-state index contributed by atoms with van der Waals surface area (Å²) in [5.74, 6) is 2.06. The molecular formula is C17H23N3OS. The van der Waals surface area contributed by atoms with Gasteiger partial charge in [-0.05, 0) is 12.5 Å². The summed E-state index contributed by atoms with van der Waals surface area (Å²) in [6, 6.07) is 11.9. The Kier molecular flexibility index (Phi) is 6.29. The Balaban J connectivity index is 2.20. The van der Waals surface area contributed by atoms with Crippen molar-refractivity contribution in [3.63, 3.8) is 0 Å². The normalized spacial score (nSPS) is 18.2. The molecule has 1 aromatic rings. The third-order valence-electron chi connectivity index (χ3n) is 3.90. The summed E-state index contributed by atoms with van der Waals surface area (Å²) in [6.07, 6.45) is 0. The molecule has 2 atom stereocenters. The molecule has 0 spiro atoms. The fraction of sp³-hybridized carbons (Fsp3) is 0.529. The van der Waals surface area contributed by atoms with E-state index in [0.29, 0.717) is 6.54 Å². The van der Waals surface area contributed by atoms with Gasteiger partial charge in [-0.1, -0.05) is 30.3 Å². The molecule has 0 saturated carbocycles. The van der Waals surface area contributed by atoms with Crippen LogP contribution in [0.4, 0.5) is 0 Å².